The molecule has 0 bridgehead atoms. The lowest BCUT2D eigenvalue weighted by Crippen LogP contribution is -2.39. The number of nitrogens with zero attached hydrogens (tertiary/aromatic N) is 2. The Bertz CT molecular complexity index is 1370. The SMILES string of the molecule is Cc1ccc(-n2c(=O)c3sccc3n(CC(=O)c3ccc(F)cc3)c2=O)cc1F. The standard InChI is InChI=1S/C21H14F2N2O3S/c1-12-2-7-15(10-16(12)23)25-20(27)19-17(8-9-29-19)24(21(25)28)11-18(26)13-3-5-14(22)6-4-13/h2-10H,11H2,1H3. The highest BCUT2D eigenvalue weighted by Gasteiger charge is 2.18. The third-order valence-electron chi connectivity index (χ3n) is 4.64. The molecule has 2 aromatic carbocycles. The first-order valence-corrected chi connectivity index (χ1v) is 9.53. The number of hydrogen-bond donors (Lipinski definition) is 0. The summed E-state index contributed by atoms with van der Waals surface area (Å²) in [7, 11) is 0. The van der Waals surface area contributed by atoms with Gasteiger partial charge in [-0.25, -0.2) is 18.1 Å². The number of carbonyl (C=O) groups excluding carboxylic acids is 1. The molecule has 4 rings (SSSR count). The van der Waals surface area contributed by atoms with E-state index in [4.69, 9.17) is 0 Å². The molecular formula is C21H14F2N2O3S. The van der Waals surface area contributed by atoms with Crippen LogP contribution in [0.25, 0.3) is 15.9 Å². The number of fused-ring (bicyclic) bond motifs is 1. The van der Waals surface area contributed by atoms with Crippen molar-refractivity contribution in [2.24, 2.45) is 0 Å². The second kappa shape index (κ2) is 7.21. The largest absolute Gasteiger partial charge is 0.336 e. The van der Waals surface area contributed by atoms with E-state index in [0.717, 1.165) is 34.1 Å². The molecule has 0 radical (unpaired) electrons. The van der Waals surface area contributed by atoms with Gasteiger partial charge in [0.1, 0.15) is 16.3 Å². The molecule has 146 valence electrons. The van der Waals surface area contributed by atoms with Gasteiger partial charge in [0.15, 0.2) is 5.78 Å². The second-order valence-electron chi connectivity index (χ2n) is 6.51. The van der Waals surface area contributed by atoms with Gasteiger partial charge < -0.3 is 0 Å². The monoisotopic (exact) mass is 412 g/mol. The number of halogens is 2. The van der Waals surface area contributed by atoms with Gasteiger partial charge in [-0.15, -0.1) is 11.3 Å². The van der Waals surface area contributed by atoms with Crippen molar-refractivity contribution in [2.45, 2.75) is 13.5 Å². The van der Waals surface area contributed by atoms with Gasteiger partial charge >= 0.3 is 5.69 Å². The fraction of sp³-hybridized carbons (Fsp3) is 0.0952. The summed E-state index contributed by atoms with van der Waals surface area (Å²) < 4.78 is 29.5. The highest BCUT2D eigenvalue weighted by atomic mass is 32.1. The molecule has 0 aliphatic heterocycles. The number of rotatable bonds is 4. The van der Waals surface area contributed by atoms with Gasteiger partial charge in [-0.2, -0.15) is 0 Å². The van der Waals surface area contributed by atoms with E-state index in [1.165, 1.54) is 28.8 Å². The Morgan fingerprint density at radius 2 is 1.76 bits per heavy atom. The highest BCUT2D eigenvalue weighted by Crippen LogP contribution is 2.18. The third-order valence-corrected chi connectivity index (χ3v) is 5.53. The summed E-state index contributed by atoms with van der Waals surface area (Å²) in [4.78, 5) is 38.6. The van der Waals surface area contributed by atoms with Crippen molar-refractivity contribution in [3.05, 3.63) is 97.5 Å². The van der Waals surface area contributed by atoms with Gasteiger partial charge in [-0.3, -0.25) is 14.2 Å². The van der Waals surface area contributed by atoms with Crippen LogP contribution in [0.3, 0.4) is 0 Å². The zero-order chi connectivity index (χ0) is 20.7. The van der Waals surface area contributed by atoms with Crippen molar-refractivity contribution >= 4 is 27.3 Å². The van der Waals surface area contributed by atoms with E-state index in [2.05, 4.69) is 0 Å². The van der Waals surface area contributed by atoms with Crippen LogP contribution in [0, 0.1) is 18.6 Å². The molecule has 0 aliphatic carbocycles. The van der Waals surface area contributed by atoms with Gasteiger partial charge in [-0.05, 0) is 60.3 Å². The van der Waals surface area contributed by atoms with Crippen molar-refractivity contribution in [1.29, 1.82) is 0 Å². The van der Waals surface area contributed by atoms with E-state index < -0.39 is 28.7 Å². The maximum absolute atomic E-state index is 14.0. The Labute approximate surface area is 167 Å². The normalized spacial score (nSPS) is 11.1. The molecule has 0 unspecified atom stereocenters. The first-order valence-electron chi connectivity index (χ1n) is 8.65. The van der Waals surface area contributed by atoms with Crippen LogP contribution in [0.4, 0.5) is 8.78 Å². The van der Waals surface area contributed by atoms with Gasteiger partial charge in [0.05, 0.1) is 17.7 Å². The number of hydrogen-bond acceptors (Lipinski definition) is 4. The van der Waals surface area contributed by atoms with E-state index in [1.54, 1.807) is 18.4 Å². The van der Waals surface area contributed by atoms with E-state index >= 15 is 0 Å². The first-order chi connectivity index (χ1) is 13.9. The number of Topliss-reactive ketones (excluding diaryl/α,β-unsaturated/α-hetero) is 1. The lowest BCUT2D eigenvalue weighted by Gasteiger charge is -2.12. The molecule has 0 spiro atoms. The molecule has 0 saturated carbocycles. The minimum atomic E-state index is -0.750. The van der Waals surface area contributed by atoms with Crippen LogP contribution in [0.2, 0.25) is 0 Å². The van der Waals surface area contributed by atoms with Gasteiger partial charge in [-0.1, -0.05) is 6.07 Å². The van der Waals surface area contributed by atoms with Crippen LogP contribution < -0.4 is 11.2 Å². The summed E-state index contributed by atoms with van der Waals surface area (Å²) in [5, 5.41) is 1.64. The number of aromatic nitrogens is 2. The molecular weight excluding hydrogens is 398 g/mol. The van der Waals surface area contributed by atoms with Crippen LogP contribution in [0.15, 0.2) is 63.5 Å². The van der Waals surface area contributed by atoms with Crippen molar-refractivity contribution in [3.8, 4) is 5.69 Å². The fourth-order valence-corrected chi connectivity index (χ4v) is 3.88. The maximum Gasteiger partial charge on any atom is 0.336 e. The van der Waals surface area contributed by atoms with Crippen LogP contribution >= 0.6 is 11.3 Å². The molecule has 2 aromatic heterocycles. The van der Waals surface area contributed by atoms with Gasteiger partial charge in [0.25, 0.3) is 5.56 Å². The minimum Gasteiger partial charge on any atom is -0.292 e. The Morgan fingerprint density at radius 1 is 1.03 bits per heavy atom. The van der Waals surface area contributed by atoms with Crippen molar-refractivity contribution in [1.82, 2.24) is 9.13 Å². The van der Waals surface area contributed by atoms with E-state index in [-0.39, 0.29) is 22.5 Å². The van der Waals surface area contributed by atoms with Crippen LogP contribution in [-0.4, -0.2) is 14.9 Å². The average molecular weight is 412 g/mol. The van der Waals surface area contributed by atoms with Gasteiger partial charge in [0.2, 0.25) is 0 Å². The Hall–Kier alpha value is -3.39. The summed E-state index contributed by atoms with van der Waals surface area (Å²) in [6.07, 6.45) is 0. The minimum absolute atomic E-state index is 0.0846. The summed E-state index contributed by atoms with van der Waals surface area (Å²) >= 11 is 1.13. The molecule has 5 nitrogen and oxygen atoms in total. The first kappa shape index (κ1) is 18.9. The molecule has 0 aliphatic rings. The zero-order valence-corrected chi connectivity index (χ0v) is 16.0. The Kier molecular flexibility index (Phi) is 4.71. The summed E-state index contributed by atoms with van der Waals surface area (Å²) in [5.41, 5.74) is -0.300. The van der Waals surface area contributed by atoms with Crippen molar-refractivity contribution < 1.29 is 13.6 Å². The molecule has 8 heteroatoms. The lowest BCUT2D eigenvalue weighted by atomic mass is 10.1. The van der Waals surface area contributed by atoms with Crippen LogP contribution in [-0.2, 0) is 6.54 Å². The average Bonchev–Trinajstić information content (AvgIpc) is 3.18. The van der Waals surface area contributed by atoms with Crippen molar-refractivity contribution in [3.63, 3.8) is 0 Å². The molecule has 0 saturated heterocycles. The van der Waals surface area contributed by atoms with Crippen LogP contribution in [0.5, 0.6) is 0 Å². The number of benzene rings is 2. The summed E-state index contributed by atoms with van der Waals surface area (Å²) in [6, 6.07) is 10.6. The van der Waals surface area contributed by atoms with Crippen LogP contribution in [0.1, 0.15) is 15.9 Å². The van der Waals surface area contributed by atoms with Crippen molar-refractivity contribution in [2.75, 3.05) is 0 Å². The smallest absolute Gasteiger partial charge is 0.292 e. The number of thiophene rings is 1. The molecule has 4 aromatic rings. The molecule has 0 N–H and O–H groups in total. The number of aryl methyl sites for hydroxylation is 1. The summed E-state index contributed by atoms with van der Waals surface area (Å²) in [6.45, 7) is 1.23. The van der Waals surface area contributed by atoms with Gasteiger partial charge in [0, 0.05) is 5.56 Å². The molecule has 0 amide bonds. The second-order valence-corrected chi connectivity index (χ2v) is 7.42. The Balaban J connectivity index is 1.90. The van der Waals surface area contributed by atoms with E-state index in [1.807, 2.05) is 0 Å². The fourth-order valence-electron chi connectivity index (χ4n) is 3.06. The number of carbonyl (C=O) groups is 1. The third kappa shape index (κ3) is 3.31. The maximum atomic E-state index is 14.0. The lowest BCUT2D eigenvalue weighted by molar-refractivity contribution is 0.0971. The van der Waals surface area contributed by atoms with E-state index in [9.17, 15) is 23.2 Å². The highest BCUT2D eigenvalue weighted by molar-refractivity contribution is 7.17. The molecule has 29 heavy (non-hydrogen) atoms. The number of ketones is 1. The molecule has 0 atom stereocenters. The molecule has 0 fully saturated rings. The predicted octanol–water partition coefficient (Wildman–Crippen LogP) is 3.68. The molecule has 2 heterocycles. The summed E-state index contributed by atoms with van der Waals surface area (Å²) in [5.74, 6) is -1.44. The Morgan fingerprint density at radius 3 is 2.45 bits per heavy atom. The quantitative estimate of drug-likeness (QED) is 0.481. The zero-order valence-electron chi connectivity index (χ0n) is 15.2. The van der Waals surface area contributed by atoms with E-state index in [0.29, 0.717) is 11.1 Å². The predicted molar refractivity (Wildman–Crippen MR) is 107 cm³/mol. The topological polar surface area (TPSA) is 61.1 Å².